The zero-order valence-electron chi connectivity index (χ0n) is 16.2. The first-order valence-corrected chi connectivity index (χ1v) is 9.79. The molecule has 28 heavy (non-hydrogen) atoms. The minimum Gasteiger partial charge on any atom is -0.481 e. The third-order valence-corrected chi connectivity index (χ3v) is 5.28. The minimum atomic E-state index is -0.748. The van der Waals surface area contributed by atoms with Gasteiger partial charge >= 0.3 is 5.97 Å². The Bertz CT molecular complexity index is 1120. The molecule has 0 spiro atoms. The molecule has 0 aliphatic rings. The van der Waals surface area contributed by atoms with E-state index in [4.69, 9.17) is 14.6 Å². The van der Waals surface area contributed by atoms with Crippen LogP contribution < -0.4 is 0 Å². The first-order valence-electron chi connectivity index (χ1n) is 9.79. The fourth-order valence-corrected chi connectivity index (χ4v) is 3.86. The lowest BCUT2D eigenvalue weighted by Gasteiger charge is -2.14. The Morgan fingerprint density at radius 1 is 1.18 bits per heavy atom. The largest absolute Gasteiger partial charge is 0.481 e. The molecular formula is C23H24N2O3. The van der Waals surface area contributed by atoms with Gasteiger partial charge in [0.05, 0.1) is 11.2 Å². The number of benzene rings is 1. The lowest BCUT2D eigenvalue weighted by molar-refractivity contribution is -0.137. The molecule has 0 saturated carbocycles. The Hall–Kier alpha value is -3.08. The minimum absolute atomic E-state index is 0.194. The van der Waals surface area contributed by atoms with Gasteiger partial charge in [0.2, 0.25) is 0 Å². The van der Waals surface area contributed by atoms with E-state index in [0.29, 0.717) is 6.42 Å². The lowest BCUT2D eigenvalue weighted by Crippen LogP contribution is -2.06. The van der Waals surface area contributed by atoms with Crippen molar-refractivity contribution < 1.29 is 14.3 Å². The van der Waals surface area contributed by atoms with Crippen LogP contribution in [0.1, 0.15) is 43.1 Å². The van der Waals surface area contributed by atoms with Crippen molar-refractivity contribution in [3.05, 3.63) is 59.4 Å². The van der Waals surface area contributed by atoms with Crippen LogP contribution in [0.2, 0.25) is 0 Å². The van der Waals surface area contributed by atoms with Gasteiger partial charge < -0.3 is 9.52 Å². The van der Waals surface area contributed by atoms with Crippen LogP contribution >= 0.6 is 0 Å². The number of nitrogens with zero attached hydrogens (tertiary/aromatic N) is 2. The summed E-state index contributed by atoms with van der Waals surface area (Å²) in [7, 11) is 0. The Kier molecular flexibility index (Phi) is 4.90. The smallest absolute Gasteiger partial charge is 0.303 e. The van der Waals surface area contributed by atoms with Gasteiger partial charge in [0.1, 0.15) is 11.3 Å². The third-order valence-electron chi connectivity index (χ3n) is 5.28. The van der Waals surface area contributed by atoms with E-state index in [1.807, 2.05) is 29.6 Å². The maximum absolute atomic E-state index is 10.8. The Balaban J connectivity index is 1.85. The van der Waals surface area contributed by atoms with E-state index in [1.165, 1.54) is 0 Å². The molecule has 0 aliphatic carbocycles. The molecule has 0 amide bonds. The summed E-state index contributed by atoms with van der Waals surface area (Å²) in [5.41, 5.74) is 6.23. The molecule has 0 aliphatic heterocycles. The van der Waals surface area contributed by atoms with E-state index < -0.39 is 5.97 Å². The first-order chi connectivity index (χ1) is 13.6. The van der Waals surface area contributed by atoms with E-state index in [0.717, 1.165) is 64.0 Å². The fraction of sp³-hybridized carbons (Fsp3) is 0.304. The first kappa shape index (κ1) is 18.3. The van der Waals surface area contributed by atoms with Gasteiger partial charge in [-0.15, -0.1) is 0 Å². The van der Waals surface area contributed by atoms with Crippen molar-refractivity contribution in [2.24, 2.45) is 0 Å². The second-order valence-electron chi connectivity index (χ2n) is 7.16. The average Bonchev–Trinajstić information content (AvgIpc) is 3.28. The number of furan rings is 1. The molecule has 5 heteroatoms. The van der Waals surface area contributed by atoms with E-state index in [-0.39, 0.29) is 6.42 Å². The van der Waals surface area contributed by atoms with E-state index in [1.54, 1.807) is 0 Å². The molecule has 4 aromatic rings. The molecule has 1 aromatic carbocycles. The number of aryl methyl sites for hydroxylation is 2. The van der Waals surface area contributed by atoms with E-state index in [9.17, 15) is 4.79 Å². The number of unbranched alkanes of at least 4 members (excludes halogenated alkanes) is 1. The van der Waals surface area contributed by atoms with Crippen LogP contribution in [0, 0.1) is 6.92 Å². The number of rotatable bonds is 7. The predicted molar refractivity (Wildman–Crippen MR) is 110 cm³/mol. The van der Waals surface area contributed by atoms with Crippen molar-refractivity contribution in [2.75, 3.05) is 0 Å². The number of carboxylic acids is 1. The van der Waals surface area contributed by atoms with Gasteiger partial charge in [-0.3, -0.25) is 4.79 Å². The molecule has 1 N–H and O–H groups in total. The molecule has 0 fully saturated rings. The fourth-order valence-electron chi connectivity index (χ4n) is 3.86. The Labute approximate surface area is 163 Å². The SMILES string of the molecule is CCc1ccc2c(-c3cc4ccccc4o3)c(CCCCC(=O)O)c(C)nn12. The van der Waals surface area contributed by atoms with Gasteiger partial charge in [0, 0.05) is 23.1 Å². The van der Waals surface area contributed by atoms with Gasteiger partial charge in [0.25, 0.3) is 0 Å². The zero-order valence-corrected chi connectivity index (χ0v) is 16.2. The van der Waals surface area contributed by atoms with Crippen molar-refractivity contribution in [3.8, 4) is 11.3 Å². The number of hydrogen-bond donors (Lipinski definition) is 1. The summed E-state index contributed by atoms with van der Waals surface area (Å²) in [5, 5.41) is 14.8. The molecule has 3 heterocycles. The van der Waals surface area contributed by atoms with Gasteiger partial charge in [0.15, 0.2) is 0 Å². The molecule has 0 saturated heterocycles. The molecule has 3 aromatic heterocycles. The van der Waals surface area contributed by atoms with Gasteiger partial charge in [-0.1, -0.05) is 25.1 Å². The molecular weight excluding hydrogens is 352 g/mol. The third kappa shape index (κ3) is 3.28. The van der Waals surface area contributed by atoms with Gasteiger partial charge in [-0.05, 0) is 62.4 Å². The highest BCUT2D eigenvalue weighted by atomic mass is 16.4. The zero-order chi connectivity index (χ0) is 19.7. The van der Waals surface area contributed by atoms with E-state index >= 15 is 0 Å². The van der Waals surface area contributed by atoms with Gasteiger partial charge in [-0.25, -0.2) is 4.52 Å². The summed E-state index contributed by atoms with van der Waals surface area (Å²) >= 11 is 0. The molecule has 0 radical (unpaired) electrons. The highest BCUT2D eigenvalue weighted by Crippen LogP contribution is 2.35. The summed E-state index contributed by atoms with van der Waals surface area (Å²) in [6, 6.07) is 14.3. The number of aromatic nitrogens is 2. The monoisotopic (exact) mass is 376 g/mol. The van der Waals surface area contributed by atoms with Crippen LogP contribution in [-0.4, -0.2) is 20.7 Å². The standard InChI is InChI=1S/C23H24N2O3/c1-3-17-12-13-19-23(21-14-16-8-4-6-10-20(16)28-21)18(15(2)24-25(17)19)9-5-7-11-22(26)27/h4,6,8,10,12-14H,3,5,7,9,11H2,1-2H3,(H,26,27). The van der Waals surface area contributed by atoms with Crippen molar-refractivity contribution >= 4 is 22.5 Å². The van der Waals surface area contributed by atoms with Gasteiger partial charge in [-0.2, -0.15) is 5.10 Å². The average molecular weight is 376 g/mol. The van der Waals surface area contributed by atoms with Crippen molar-refractivity contribution in [2.45, 2.75) is 46.0 Å². The van der Waals surface area contributed by atoms with Crippen molar-refractivity contribution in [3.63, 3.8) is 0 Å². The van der Waals surface area contributed by atoms with E-state index in [2.05, 4.69) is 31.2 Å². The maximum atomic E-state index is 10.8. The van der Waals surface area contributed by atoms with Crippen molar-refractivity contribution in [1.82, 2.24) is 9.61 Å². The second-order valence-corrected chi connectivity index (χ2v) is 7.16. The predicted octanol–water partition coefficient (Wildman–Crippen LogP) is 5.42. The Morgan fingerprint density at radius 2 is 2.00 bits per heavy atom. The maximum Gasteiger partial charge on any atom is 0.303 e. The summed E-state index contributed by atoms with van der Waals surface area (Å²) < 4.78 is 8.22. The lowest BCUT2D eigenvalue weighted by atomic mass is 9.98. The van der Waals surface area contributed by atoms with Crippen LogP contribution in [-0.2, 0) is 17.6 Å². The van der Waals surface area contributed by atoms with Crippen LogP contribution in [0.5, 0.6) is 0 Å². The Morgan fingerprint density at radius 3 is 2.75 bits per heavy atom. The summed E-state index contributed by atoms with van der Waals surface area (Å²) in [6.07, 6.45) is 3.33. The number of aliphatic carboxylic acids is 1. The number of para-hydroxylation sites is 1. The van der Waals surface area contributed by atoms with Crippen LogP contribution in [0.15, 0.2) is 46.9 Å². The highest BCUT2D eigenvalue weighted by molar-refractivity contribution is 5.88. The van der Waals surface area contributed by atoms with Crippen LogP contribution in [0.3, 0.4) is 0 Å². The number of fused-ring (bicyclic) bond motifs is 2. The molecule has 0 atom stereocenters. The quantitative estimate of drug-likeness (QED) is 0.438. The van der Waals surface area contributed by atoms with Crippen LogP contribution in [0.25, 0.3) is 27.8 Å². The number of carbonyl (C=O) groups is 1. The summed E-state index contributed by atoms with van der Waals surface area (Å²) in [4.78, 5) is 10.8. The molecule has 144 valence electrons. The number of carboxylic acid groups (broad SMARTS) is 1. The molecule has 0 bridgehead atoms. The van der Waals surface area contributed by atoms with Crippen molar-refractivity contribution in [1.29, 1.82) is 0 Å². The summed E-state index contributed by atoms with van der Waals surface area (Å²) in [6.45, 7) is 4.15. The molecule has 5 nitrogen and oxygen atoms in total. The second kappa shape index (κ2) is 7.50. The summed E-state index contributed by atoms with van der Waals surface area (Å²) in [5.74, 6) is 0.0904. The molecule has 4 rings (SSSR count). The van der Waals surface area contributed by atoms with Crippen LogP contribution in [0.4, 0.5) is 0 Å². The number of hydrogen-bond acceptors (Lipinski definition) is 3. The normalized spacial score (nSPS) is 11.5. The topological polar surface area (TPSA) is 67.7 Å². The molecule has 0 unspecified atom stereocenters. The highest BCUT2D eigenvalue weighted by Gasteiger charge is 2.19.